The van der Waals surface area contributed by atoms with Crippen molar-refractivity contribution < 1.29 is 9.84 Å². The molecule has 2 fully saturated rings. The molecule has 0 spiro atoms. The summed E-state index contributed by atoms with van der Waals surface area (Å²) in [7, 11) is 0. The highest BCUT2D eigenvalue weighted by atomic mass is 16.5. The molecule has 2 aliphatic rings. The predicted molar refractivity (Wildman–Crippen MR) is 55.3 cm³/mol. The highest BCUT2D eigenvalue weighted by Gasteiger charge is 2.48. The van der Waals surface area contributed by atoms with Crippen molar-refractivity contribution in [3.8, 4) is 0 Å². The van der Waals surface area contributed by atoms with Crippen LogP contribution in [0.4, 0.5) is 0 Å². The van der Waals surface area contributed by atoms with Crippen LogP contribution in [0.5, 0.6) is 0 Å². The molecule has 0 saturated carbocycles. The first-order chi connectivity index (χ1) is 6.82. The predicted octanol–water partition coefficient (Wildman–Crippen LogP) is 1.01. The van der Waals surface area contributed by atoms with Crippen molar-refractivity contribution in [3.05, 3.63) is 0 Å². The van der Waals surface area contributed by atoms with Crippen LogP contribution in [-0.2, 0) is 4.74 Å². The molecule has 0 bridgehead atoms. The van der Waals surface area contributed by atoms with Gasteiger partial charge in [0.25, 0.3) is 0 Å². The minimum absolute atomic E-state index is 0.127. The fraction of sp³-hybridized carbons (Fsp3) is 1.00. The number of hydrogen-bond acceptors (Lipinski definition) is 3. The lowest BCUT2D eigenvalue weighted by Gasteiger charge is -2.33. The van der Waals surface area contributed by atoms with Gasteiger partial charge in [0.2, 0.25) is 0 Å². The van der Waals surface area contributed by atoms with Crippen LogP contribution in [0.3, 0.4) is 0 Å². The van der Waals surface area contributed by atoms with Crippen LogP contribution in [0.15, 0.2) is 0 Å². The monoisotopic (exact) mass is 199 g/mol. The third-order valence-electron chi connectivity index (χ3n) is 3.84. The number of ether oxygens (including phenoxy) is 1. The van der Waals surface area contributed by atoms with Gasteiger partial charge in [-0.3, -0.25) is 4.90 Å². The fourth-order valence-corrected chi connectivity index (χ4v) is 3.06. The van der Waals surface area contributed by atoms with Crippen LogP contribution in [0, 0.1) is 0 Å². The van der Waals surface area contributed by atoms with Gasteiger partial charge in [0.1, 0.15) is 0 Å². The smallest absolute Gasteiger partial charge is 0.0621 e. The van der Waals surface area contributed by atoms with Crippen molar-refractivity contribution in [1.82, 2.24) is 4.90 Å². The third-order valence-corrected chi connectivity index (χ3v) is 3.84. The van der Waals surface area contributed by atoms with Gasteiger partial charge >= 0.3 is 0 Å². The van der Waals surface area contributed by atoms with E-state index < -0.39 is 0 Å². The average Bonchev–Trinajstić information content (AvgIpc) is 2.74. The first kappa shape index (κ1) is 10.4. The molecule has 3 nitrogen and oxygen atoms in total. The van der Waals surface area contributed by atoms with Crippen molar-refractivity contribution in [2.24, 2.45) is 0 Å². The molecule has 3 heteroatoms. The summed E-state index contributed by atoms with van der Waals surface area (Å²) < 4.78 is 5.49. The molecular weight excluding hydrogens is 178 g/mol. The maximum Gasteiger partial charge on any atom is 0.0621 e. The summed E-state index contributed by atoms with van der Waals surface area (Å²) in [5, 5.41) is 9.49. The zero-order valence-electron chi connectivity index (χ0n) is 9.04. The van der Waals surface area contributed by atoms with Crippen molar-refractivity contribution in [3.63, 3.8) is 0 Å². The topological polar surface area (TPSA) is 32.7 Å². The standard InChI is InChI=1S/C11H21NO2/c1-2-14-8-10-4-6-11(9-13)5-3-7-12(10)11/h10,13H,2-9H2,1H3/t10-,11-/m0/s1. The molecular formula is C11H21NO2. The zero-order chi connectivity index (χ0) is 10.0. The van der Waals surface area contributed by atoms with Crippen LogP contribution in [0.25, 0.3) is 0 Å². The highest BCUT2D eigenvalue weighted by molar-refractivity contribution is 5.04. The Bertz CT molecular complexity index is 196. The first-order valence-electron chi connectivity index (χ1n) is 5.78. The summed E-state index contributed by atoms with van der Waals surface area (Å²) in [5.74, 6) is 0. The number of rotatable bonds is 4. The molecule has 1 N–H and O–H groups in total. The summed E-state index contributed by atoms with van der Waals surface area (Å²) >= 11 is 0. The Balaban J connectivity index is 1.97. The van der Waals surface area contributed by atoms with Crippen LogP contribution in [0.2, 0.25) is 0 Å². The number of fused-ring (bicyclic) bond motifs is 1. The van der Waals surface area contributed by atoms with E-state index in [4.69, 9.17) is 4.74 Å². The van der Waals surface area contributed by atoms with Gasteiger partial charge < -0.3 is 9.84 Å². The van der Waals surface area contributed by atoms with E-state index in [2.05, 4.69) is 4.90 Å². The van der Waals surface area contributed by atoms with E-state index in [0.29, 0.717) is 12.6 Å². The van der Waals surface area contributed by atoms with E-state index in [-0.39, 0.29) is 5.54 Å². The Hall–Kier alpha value is -0.120. The summed E-state index contributed by atoms with van der Waals surface area (Å²) in [5.41, 5.74) is 0.127. The second kappa shape index (κ2) is 4.17. The molecule has 2 aliphatic heterocycles. The van der Waals surface area contributed by atoms with Gasteiger partial charge in [0.05, 0.1) is 13.2 Å². The number of nitrogens with zero attached hydrogens (tertiary/aromatic N) is 1. The molecule has 2 atom stereocenters. The quantitative estimate of drug-likeness (QED) is 0.733. The van der Waals surface area contributed by atoms with Crippen molar-refractivity contribution in [2.45, 2.75) is 44.2 Å². The Labute approximate surface area is 86.0 Å². The maximum atomic E-state index is 9.49. The van der Waals surface area contributed by atoms with E-state index in [0.717, 1.165) is 26.2 Å². The first-order valence-corrected chi connectivity index (χ1v) is 5.78. The van der Waals surface area contributed by atoms with E-state index in [1.807, 2.05) is 6.92 Å². The Morgan fingerprint density at radius 1 is 1.50 bits per heavy atom. The minimum Gasteiger partial charge on any atom is -0.394 e. The highest BCUT2D eigenvalue weighted by Crippen LogP contribution is 2.41. The van der Waals surface area contributed by atoms with Crippen molar-refractivity contribution in [2.75, 3.05) is 26.4 Å². The molecule has 2 rings (SSSR count). The summed E-state index contributed by atoms with van der Waals surface area (Å²) in [6.45, 7) is 5.17. The van der Waals surface area contributed by atoms with Gasteiger partial charge in [-0.05, 0) is 39.2 Å². The van der Waals surface area contributed by atoms with Crippen LogP contribution < -0.4 is 0 Å². The van der Waals surface area contributed by atoms with Gasteiger partial charge in [0.15, 0.2) is 0 Å². The number of hydrogen-bond donors (Lipinski definition) is 1. The maximum absolute atomic E-state index is 9.49. The van der Waals surface area contributed by atoms with Crippen LogP contribution >= 0.6 is 0 Å². The van der Waals surface area contributed by atoms with Crippen LogP contribution in [0.1, 0.15) is 32.6 Å². The second-order valence-corrected chi connectivity index (χ2v) is 4.53. The molecule has 0 unspecified atom stereocenters. The zero-order valence-corrected chi connectivity index (χ0v) is 9.04. The molecule has 14 heavy (non-hydrogen) atoms. The normalized spacial score (nSPS) is 37.7. The molecule has 0 aromatic rings. The van der Waals surface area contributed by atoms with Crippen LogP contribution in [-0.4, -0.2) is 48.0 Å². The molecule has 0 aromatic carbocycles. The molecule has 0 aliphatic carbocycles. The molecule has 0 radical (unpaired) electrons. The molecule has 2 saturated heterocycles. The average molecular weight is 199 g/mol. The van der Waals surface area contributed by atoms with Gasteiger partial charge in [-0.2, -0.15) is 0 Å². The minimum atomic E-state index is 0.127. The third kappa shape index (κ3) is 1.58. The molecule has 0 aromatic heterocycles. The van der Waals surface area contributed by atoms with E-state index in [1.54, 1.807) is 0 Å². The molecule has 82 valence electrons. The van der Waals surface area contributed by atoms with Crippen molar-refractivity contribution in [1.29, 1.82) is 0 Å². The van der Waals surface area contributed by atoms with E-state index >= 15 is 0 Å². The van der Waals surface area contributed by atoms with Crippen molar-refractivity contribution >= 4 is 0 Å². The summed E-state index contributed by atoms with van der Waals surface area (Å²) in [4.78, 5) is 2.49. The molecule has 0 amide bonds. The second-order valence-electron chi connectivity index (χ2n) is 4.53. The SMILES string of the molecule is CCOC[C@@H]1CC[C@]2(CO)CCCN12. The summed E-state index contributed by atoms with van der Waals surface area (Å²) in [6, 6.07) is 0.560. The Morgan fingerprint density at radius 3 is 3.07 bits per heavy atom. The lowest BCUT2D eigenvalue weighted by Crippen LogP contribution is -2.46. The number of aliphatic hydroxyl groups is 1. The number of aliphatic hydroxyl groups excluding tert-OH is 1. The van der Waals surface area contributed by atoms with Gasteiger partial charge in [-0.25, -0.2) is 0 Å². The van der Waals surface area contributed by atoms with Gasteiger partial charge in [0, 0.05) is 18.2 Å². The largest absolute Gasteiger partial charge is 0.394 e. The lowest BCUT2D eigenvalue weighted by molar-refractivity contribution is 0.0366. The lowest BCUT2D eigenvalue weighted by atomic mass is 9.95. The Kier molecular flexibility index (Phi) is 3.10. The summed E-state index contributed by atoms with van der Waals surface area (Å²) in [6.07, 6.45) is 4.76. The van der Waals surface area contributed by atoms with Gasteiger partial charge in [-0.15, -0.1) is 0 Å². The van der Waals surface area contributed by atoms with E-state index in [1.165, 1.54) is 19.3 Å². The molecule has 2 heterocycles. The Morgan fingerprint density at radius 2 is 2.36 bits per heavy atom. The fourth-order valence-electron chi connectivity index (χ4n) is 3.06. The van der Waals surface area contributed by atoms with E-state index in [9.17, 15) is 5.11 Å². The van der Waals surface area contributed by atoms with Gasteiger partial charge in [-0.1, -0.05) is 0 Å².